The molecule has 1 N–H and O–H groups in total. The topological polar surface area (TPSA) is 75.7 Å². The van der Waals surface area contributed by atoms with Gasteiger partial charge in [0.15, 0.2) is 0 Å². The summed E-state index contributed by atoms with van der Waals surface area (Å²) in [6.07, 6.45) is 3.81. The predicted molar refractivity (Wildman–Crippen MR) is 106 cm³/mol. The molecule has 0 aromatic heterocycles. The van der Waals surface area contributed by atoms with E-state index in [1.165, 1.54) is 5.56 Å². The number of nitrogens with zero attached hydrogens (tertiary/aromatic N) is 1. The molecule has 7 heteroatoms. The fourth-order valence-electron chi connectivity index (χ4n) is 3.49. The fourth-order valence-corrected chi connectivity index (χ4v) is 5.15. The summed E-state index contributed by atoms with van der Waals surface area (Å²) in [7, 11) is -3.46. The number of sulfonamides is 1. The smallest absolute Gasteiger partial charge is 0.407 e. The van der Waals surface area contributed by atoms with Crippen LogP contribution in [-0.2, 0) is 21.2 Å². The van der Waals surface area contributed by atoms with Crippen molar-refractivity contribution in [2.24, 2.45) is 0 Å². The van der Waals surface area contributed by atoms with Crippen LogP contribution in [-0.4, -0.2) is 43.5 Å². The quantitative estimate of drug-likeness (QED) is 0.856. The Kier molecular flexibility index (Phi) is 5.63. The van der Waals surface area contributed by atoms with E-state index in [1.54, 1.807) is 10.4 Å². The van der Waals surface area contributed by atoms with Gasteiger partial charge in [-0.1, -0.05) is 24.3 Å². The lowest BCUT2D eigenvalue weighted by atomic mass is 9.98. The molecule has 1 aliphatic heterocycles. The SMILES string of the molecule is CC(C)(C)OC(=O)NC1CCN(S(=O)(=O)C2=Cc3ccccc3CC2)CC1. The third kappa shape index (κ3) is 4.90. The molecule has 3 rings (SSSR count). The minimum absolute atomic E-state index is 0.0626. The highest BCUT2D eigenvalue weighted by atomic mass is 32.2. The number of ether oxygens (including phenoxy) is 1. The molecular weight excluding hydrogens is 364 g/mol. The molecule has 0 unspecified atom stereocenters. The van der Waals surface area contributed by atoms with E-state index in [4.69, 9.17) is 4.74 Å². The highest BCUT2D eigenvalue weighted by Crippen LogP contribution is 2.30. The van der Waals surface area contributed by atoms with Gasteiger partial charge >= 0.3 is 6.09 Å². The molecule has 0 bridgehead atoms. The second-order valence-electron chi connectivity index (χ2n) is 8.13. The Balaban J connectivity index is 1.61. The summed E-state index contributed by atoms with van der Waals surface area (Å²) in [6, 6.07) is 7.85. The first-order valence-electron chi connectivity index (χ1n) is 9.43. The normalized spacial score (nSPS) is 19.1. The van der Waals surface area contributed by atoms with E-state index in [0.29, 0.717) is 37.3 Å². The molecule has 1 aromatic rings. The molecule has 148 valence electrons. The maximum Gasteiger partial charge on any atom is 0.407 e. The van der Waals surface area contributed by atoms with Gasteiger partial charge in [0.1, 0.15) is 5.60 Å². The molecule has 1 fully saturated rings. The van der Waals surface area contributed by atoms with Crippen molar-refractivity contribution in [1.82, 2.24) is 9.62 Å². The van der Waals surface area contributed by atoms with Crippen LogP contribution in [0.5, 0.6) is 0 Å². The number of allylic oxidation sites excluding steroid dienone is 1. The highest BCUT2D eigenvalue weighted by molar-refractivity contribution is 7.93. The minimum Gasteiger partial charge on any atom is -0.444 e. The average molecular weight is 393 g/mol. The number of carbonyl (C=O) groups excluding carboxylic acids is 1. The minimum atomic E-state index is -3.46. The predicted octanol–water partition coefficient (Wildman–Crippen LogP) is 3.29. The van der Waals surface area contributed by atoms with E-state index in [2.05, 4.69) is 5.32 Å². The van der Waals surface area contributed by atoms with E-state index in [9.17, 15) is 13.2 Å². The number of hydrogen-bond donors (Lipinski definition) is 1. The van der Waals surface area contributed by atoms with E-state index in [1.807, 2.05) is 45.0 Å². The summed E-state index contributed by atoms with van der Waals surface area (Å²) >= 11 is 0. The van der Waals surface area contributed by atoms with Crippen LogP contribution in [0.15, 0.2) is 29.2 Å². The van der Waals surface area contributed by atoms with E-state index < -0.39 is 21.7 Å². The standard InChI is InChI=1S/C20H28N2O4S/c1-20(2,3)26-19(23)21-17-10-12-22(13-11-17)27(24,25)18-9-8-15-6-4-5-7-16(15)14-18/h4-7,14,17H,8-13H2,1-3H3,(H,21,23). The Morgan fingerprint density at radius 2 is 1.81 bits per heavy atom. The monoisotopic (exact) mass is 392 g/mol. The molecule has 1 amide bonds. The zero-order chi connectivity index (χ0) is 19.7. The van der Waals surface area contributed by atoms with Gasteiger partial charge in [0.05, 0.1) is 4.91 Å². The Labute approximate surface area is 161 Å². The van der Waals surface area contributed by atoms with Crippen LogP contribution < -0.4 is 5.32 Å². The van der Waals surface area contributed by atoms with Crippen LogP contribution in [0.1, 0.15) is 51.2 Å². The van der Waals surface area contributed by atoms with Crippen LogP contribution in [0.2, 0.25) is 0 Å². The maximum atomic E-state index is 13.0. The molecule has 0 radical (unpaired) electrons. The van der Waals surface area contributed by atoms with Crippen molar-refractivity contribution in [3.63, 3.8) is 0 Å². The van der Waals surface area contributed by atoms with Crippen molar-refractivity contribution in [3.8, 4) is 0 Å². The number of carbonyl (C=O) groups is 1. The lowest BCUT2D eigenvalue weighted by Crippen LogP contribution is -2.47. The summed E-state index contributed by atoms with van der Waals surface area (Å²) in [5, 5.41) is 2.84. The Hall–Kier alpha value is -1.86. The maximum absolute atomic E-state index is 13.0. The molecule has 0 saturated carbocycles. The second kappa shape index (κ2) is 7.64. The zero-order valence-electron chi connectivity index (χ0n) is 16.2. The number of rotatable bonds is 3. The summed E-state index contributed by atoms with van der Waals surface area (Å²) in [5.41, 5.74) is 1.64. The number of aryl methyl sites for hydroxylation is 1. The number of nitrogens with one attached hydrogen (secondary N) is 1. The molecule has 1 aromatic carbocycles. The van der Waals surface area contributed by atoms with Crippen LogP contribution >= 0.6 is 0 Å². The van der Waals surface area contributed by atoms with E-state index in [0.717, 1.165) is 12.0 Å². The van der Waals surface area contributed by atoms with Gasteiger partial charge in [-0.25, -0.2) is 13.2 Å². The average Bonchev–Trinajstić information content (AvgIpc) is 2.60. The fraction of sp³-hybridized carbons (Fsp3) is 0.550. The van der Waals surface area contributed by atoms with Crippen LogP contribution in [0, 0.1) is 0 Å². The summed E-state index contributed by atoms with van der Waals surface area (Å²) in [6.45, 7) is 6.26. The lowest BCUT2D eigenvalue weighted by molar-refractivity contribution is 0.0489. The Morgan fingerprint density at radius 1 is 1.15 bits per heavy atom. The van der Waals surface area contributed by atoms with Gasteiger partial charge in [-0.05, 0) is 63.7 Å². The van der Waals surface area contributed by atoms with Gasteiger partial charge in [-0.3, -0.25) is 0 Å². The van der Waals surface area contributed by atoms with Gasteiger partial charge in [0.2, 0.25) is 10.0 Å². The van der Waals surface area contributed by atoms with Crippen molar-refractivity contribution in [2.45, 2.75) is 58.1 Å². The Bertz CT molecular complexity index is 832. The summed E-state index contributed by atoms with van der Waals surface area (Å²) in [4.78, 5) is 12.4. The molecule has 1 saturated heterocycles. The number of alkyl carbamates (subject to hydrolysis) is 1. The van der Waals surface area contributed by atoms with Gasteiger partial charge in [0, 0.05) is 19.1 Å². The number of amides is 1. The molecule has 27 heavy (non-hydrogen) atoms. The molecule has 0 spiro atoms. The van der Waals surface area contributed by atoms with Crippen LogP contribution in [0.3, 0.4) is 0 Å². The molecule has 6 nitrogen and oxygen atoms in total. The molecular formula is C20H28N2O4S. The van der Waals surface area contributed by atoms with E-state index >= 15 is 0 Å². The van der Waals surface area contributed by atoms with Crippen LogP contribution in [0.25, 0.3) is 6.08 Å². The first-order valence-corrected chi connectivity index (χ1v) is 10.9. The number of fused-ring (bicyclic) bond motifs is 1. The second-order valence-corrected chi connectivity index (χ2v) is 10.1. The van der Waals surface area contributed by atoms with Gasteiger partial charge in [0.25, 0.3) is 0 Å². The number of hydrogen-bond acceptors (Lipinski definition) is 4. The van der Waals surface area contributed by atoms with Gasteiger partial charge in [-0.2, -0.15) is 4.31 Å². The third-order valence-corrected chi connectivity index (χ3v) is 6.89. The lowest BCUT2D eigenvalue weighted by Gasteiger charge is -2.33. The molecule has 1 aliphatic carbocycles. The van der Waals surface area contributed by atoms with Crippen molar-refractivity contribution in [2.75, 3.05) is 13.1 Å². The molecule has 1 heterocycles. The first-order chi connectivity index (χ1) is 12.6. The number of piperidine rings is 1. The van der Waals surface area contributed by atoms with Gasteiger partial charge in [-0.15, -0.1) is 0 Å². The van der Waals surface area contributed by atoms with Crippen molar-refractivity contribution in [1.29, 1.82) is 0 Å². The zero-order valence-corrected chi connectivity index (χ0v) is 17.0. The number of benzene rings is 1. The van der Waals surface area contributed by atoms with Crippen molar-refractivity contribution < 1.29 is 17.9 Å². The molecule has 2 aliphatic rings. The first kappa shape index (κ1) is 19.9. The molecule has 0 atom stereocenters. The van der Waals surface area contributed by atoms with Crippen LogP contribution in [0.4, 0.5) is 4.79 Å². The van der Waals surface area contributed by atoms with Gasteiger partial charge < -0.3 is 10.1 Å². The third-order valence-electron chi connectivity index (χ3n) is 4.86. The summed E-state index contributed by atoms with van der Waals surface area (Å²) < 4.78 is 32.8. The summed E-state index contributed by atoms with van der Waals surface area (Å²) in [5.74, 6) is 0. The van der Waals surface area contributed by atoms with Crippen molar-refractivity contribution >= 4 is 22.2 Å². The Morgan fingerprint density at radius 3 is 2.48 bits per heavy atom. The highest BCUT2D eigenvalue weighted by Gasteiger charge is 2.32. The largest absolute Gasteiger partial charge is 0.444 e. The van der Waals surface area contributed by atoms with Crippen molar-refractivity contribution in [3.05, 3.63) is 40.3 Å². The van der Waals surface area contributed by atoms with E-state index in [-0.39, 0.29) is 6.04 Å².